The first kappa shape index (κ1) is 14.7. The van der Waals surface area contributed by atoms with Crippen molar-refractivity contribution in [2.45, 2.75) is 39.0 Å². The molecular weight excluding hydrogens is 234 g/mol. The van der Waals surface area contributed by atoms with E-state index in [0.717, 1.165) is 6.54 Å². The van der Waals surface area contributed by atoms with E-state index in [-0.39, 0.29) is 18.4 Å². The van der Waals surface area contributed by atoms with E-state index in [0.29, 0.717) is 13.2 Å². The van der Waals surface area contributed by atoms with E-state index in [1.807, 2.05) is 23.9 Å². The highest BCUT2D eigenvalue weighted by Crippen LogP contribution is 1.96. The summed E-state index contributed by atoms with van der Waals surface area (Å²) in [4.78, 5) is 11.1. The van der Waals surface area contributed by atoms with E-state index in [4.69, 9.17) is 4.74 Å². The summed E-state index contributed by atoms with van der Waals surface area (Å²) in [5.74, 6) is -0.369. The van der Waals surface area contributed by atoms with Crippen molar-refractivity contribution in [3.8, 4) is 0 Å². The third-order valence-electron chi connectivity index (χ3n) is 2.43. The molecule has 0 saturated carbocycles. The Hall–Kier alpha value is -1.40. The summed E-state index contributed by atoms with van der Waals surface area (Å²) in [6, 6.07) is 2.03. The molecule has 1 aromatic rings. The first-order valence-corrected chi connectivity index (χ1v) is 6.16. The highest BCUT2D eigenvalue weighted by atomic mass is 16.5. The molecule has 0 bridgehead atoms. The highest BCUT2D eigenvalue weighted by molar-refractivity contribution is 5.69. The van der Waals surface area contributed by atoms with Crippen molar-refractivity contribution < 1.29 is 14.6 Å². The molecule has 2 N–H and O–H groups in total. The first-order valence-electron chi connectivity index (χ1n) is 6.16. The molecule has 0 spiro atoms. The normalized spacial score (nSPS) is 14.2. The minimum Gasteiger partial charge on any atom is -0.466 e. The van der Waals surface area contributed by atoms with E-state index >= 15 is 0 Å². The van der Waals surface area contributed by atoms with E-state index in [2.05, 4.69) is 10.4 Å². The Morgan fingerprint density at radius 2 is 2.39 bits per heavy atom. The molecule has 6 heteroatoms. The third-order valence-corrected chi connectivity index (χ3v) is 2.43. The molecule has 102 valence electrons. The second kappa shape index (κ2) is 7.84. The first-order chi connectivity index (χ1) is 8.61. The molecule has 0 aromatic carbocycles. The van der Waals surface area contributed by atoms with Crippen molar-refractivity contribution in [3.05, 3.63) is 18.5 Å². The average Bonchev–Trinajstić information content (AvgIpc) is 2.79. The summed E-state index contributed by atoms with van der Waals surface area (Å²) in [5, 5.41) is 16.9. The molecule has 0 saturated heterocycles. The zero-order chi connectivity index (χ0) is 13.4. The van der Waals surface area contributed by atoms with Crippen LogP contribution >= 0.6 is 0 Å². The van der Waals surface area contributed by atoms with E-state index in [1.165, 1.54) is 0 Å². The molecule has 18 heavy (non-hydrogen) atoms. The lowest BCUT2D eigenvalue weighted by atomic mass is 10.2. The second-order valence-electron chi connectivity index (χ2n) is 4.20. The number of aliphatic hydroxyl groups excluding tert-OH is 1. The van der Waals surface area contributed by atoms with Gasteiger partial charge in [0, 0.05) is 25.0 Å². The lowest BCUT2D eigenvalue weighted by molar-refractivity contribution is -0.145. The van der Waals surface area contributed by atoms with Crippen LogP contribution in [0.25, 0.3) is 0 Å². The molecule has 0 aliphatic rings. The maximum absolute atomic E-state index is 11.1. The van der Waals surface area contributed by atoms with Gasteiger partial charge in [0.25, 0.3) is 0 Å². The van der Waals surface area contributed by atoms with Crippen LogP contribution in [0.3, 0.4) is 0 Å². The number of hydrogen-bond acceptors (Lipinski definition) is 5. The molecule has 6 nitrogen and oxygen atoms in total. The molecule has 1 aromatic heterocycles. The summed E-state index contributed by atoms with van der Waals surface area (Å²) in [7, 11) is 0. The minimum atomic E-state index is -0.718. The molecule has 0 fully saturated rings. The number of carbonyl (C=O) groups excluding carboxylic acids is 1. The van der Waals surface area contributed by atoms with E-state index in [9.17, 15) is 9.90 Å². The third kappa shape index (κ3) is 5.79. The molecule has 0 radical (unpaired) electrons. The predicted molar refractivity (Wildman–Crippen MR) is 66.9 cm³/mol. The quantitative estimate of drug-likeness (QED) is 0.648. The molecule has 0 aliphatic carbocycles. The Balaban J connectivity index is 2.17. The fraction of sp³-hybridized carbons (Fsp3) is 0.667. The van der Waals surface area contributed by atoms with Gasteiger partial charge in [0.2, 0.25) is 0 Å². The van der Waals surface area contributed by atoms with Gasteiger partial charge in [0.15, 0.2) is 0 Å². The summed E-state index contributed by atoms with van der Waals surface area (Å²) in [6.45, 7) is 5.17. The Morgan fingerprint density at radius 1 is 1.61 bits per heavy atom. The van der Waals surface area contributed by atoms with Crippen LogP contribution in [0, 0.1) is 0 Å². The molecule has 1 rings (SSSR count). The fourth-order valence-electron chi connectivity index (χ4n) is 1.58. The van der Waals surface area contributed by atoms with Crippen LogP contribution in [0.2, 0.25) is 0 Å². The van der Waals surface area contributed by atoms with Gasteiger partial charge in [-0.25, -0.2) is 0 Å². The molecular formula is C12H21N3O3. The largest absolute Gasteiger partial charge is 0.466 e. The Bertz CT molecular complexity index is 340. The van der Waals surface area contributed by atoms with Crippen LogP contribution in [0.5, 0.6) is 0 Å². The highest BCUT2D eigenvalue weighted by Gasteiger charge is 2.12. The van der Waals surface area contributed by atoms with Crippen LogP contribution in [0.1, 0.15) is 20.3 Å². The Kier molecular flexibility index (Phi) is 6.38. The van der Waals surface area contributed by atoms with Gasteiger partial charge >= 0.3 is 5.97 Å². The van der Waals surface area contributed by atoms with Crippen LogP contribution in [-0.4, -0.2) is 46.2 Å². The fourth-order valence-corrected chi connectivity index (χ4v) is 1.58. The Morgan fingerprint density at radius 3 is 3.00 bits per heavy atom. The number of nitrogens with zero attached hydrogens (tertiary/aromatic N) is 2. The van der Waals surface area contributed by atoms with Gasteiger partial charge < -0.3 is 15.2 Å². The SMILES string of the molecule is CCOC(=O)CC(O)CNC(C)Cn1cccn1. The number of carbonyl (C=O) groups is 1. The summed E-state index contributed by atoms with van der Waals surface area (Å²) >= 11 is 0. The van der Waals surface area contributed by atoms with Crippen LogP contribution in [0.15, 0.2) is 18.5 Å². The van der Waals surface area contributed by atoms with Crippen LogP contribution in [-0.2, 0) is 16.1 Å². The average molecular weight is 255 g/mol. The zero-order valence-corrected chi connectivity index (χ0v) is 10.9. The zero-order valence-electron chi connectivity index (χ0n) is 10.9. The lowest BCUT2D eigenvalue weighted by Crippen LogP contribution is -2.37. The van der Waals surface area contributed by atoms with Crippen molar-refractivity contribution in [2.24, 2.45) is 0 Å². The van der Waals surface area contributed by atoms with Crippen molar-refractivity contribution in [3.63, 3.8) is 0 Å². The van der Waals surface area contributed by atoms with Crippen molar-refractivity contribution in [1.29, 1.82) is 0 Å². The molecule has 0 amide bonds. The monoisotopic (exact) mass is 255 g/mol. The molecule has 2 unspecified atom stereocenters. The number of rotatable bonds is 8. The summed E-state index contributed by atoms with van der Waals surface area (Å²) < 4.78 is 6.58. The van der Waals surface area contributed by atoms with Crippen molar-refractivity contribution in [2.75, 3.05) is 13.2 Å². The van der Waals surface area contributed by atoms with Gasteiger partial charge in [0.05, 0.1) is 25.7 Å². The van der Waals surface area contributed by atoms with Gasteiger partial charge in [-0.1, -0.05) is 0 Å². The number of aliphatic hydroxyl groups is 1. The second-order valence-corrected chi connectivity index (χ2v) is 4.20. The maximum atomic E-state index is 11.1. The number of esters is 1. The summed E-state index contributed by atoms with van der Waals surface area (Å²) in [5.41, 5.74) is 0. The van der Waals surface area contributed by atoms with E-state index in [1.54, 1.807) is 13.1 Å². The number of ether oxygens (including phenoxy) is 1. The van der Waals surface area contributed by atoms with Gasteiger partial charge in [-0.3, -0.25) is 9.48 Å². The molecule has 0 aliphatic heterocycles. The smallest absolute Gasteiger partial charge is 0.308 e. The standard InChI is InChI=1S/C12H21N3O3/c1-3-18-12(17)7-11(16)8-13-10(2)9-15-6-4-5-14-15/h4-6,10-11,13,16H,3,7-9H2,1-2H3. The van der Waals surface area contributed by atoms with Gasteiger partial charge in [-0.05, 0) is 19.9 Å². The molecule has 2 atom stereocenters. The maximum Gasteiger partial charge on any atom is 0.308 e. The van der Waals surface area contributed by atoms with Gasteiger partial charge in [0.1, 0.15) is 0 Å². The summed E-state index contributed by atoms with van der Waals surface area (Å²) in [6.07, 6.45) is 2.91. The number of hydrogen-bond donors (Lipinski definition) is 2. The predicted octanol–water partition coefficient (Wildman–Crippen LogP) is 0.175. The number of nitrogens with one attached hydrogen (secondary N) is 1. The van der Waals surface area contributed by atoms with Crippen LogP contribution < -0.4 is 5.32 Å². The van der Waals surface area contributed by atoms with Crippen molar-refractivity contribution in [1.82, 2.24) is 15.1 Å². The van der Waals surface area contributed by atoms with Crippen LogP contribution in [0.4, 0.5) is 0 Å². The van der Waals surface area contributed by atoms with E-state index < -0.39 is 6.10 Å². The minimum absolute atomic E-state index is 0.0231. The Labute approximate surface area is 107 Å². The molecule has 1 heterocycles. The topological polar surface area (TPSA) is 76.4 Å². The number of aromatic nitrogens is 2. The van der Waals surface area contributed by atoms with Crippen molar-refractivity contribution >= 4 is 5.97 Å². The lowest BCUT2D eigenvalue weighted by Gasteiger charge is -2.16. The van der Waals surface area contributed by atoms with Gasteiger partial charge in [-0.2, -0.15) is 5.10 Å². The van der Waals surface area contributed by atoms with Gasteiger partial charge in [-0.15, -0.1) is 0 Å².